The largest absolute Gasteiger partial charge is 0.388 e. The molecule has 1 aliphatic heterocycles. The molecule has 212 valence electrons. The van der Waals surface area contributed by atoms with E-state index < -0.39 is 34.3 Å². The van der Waals surface area contributed by atoms with Gasteiger partial charge in [-0.2, -0.15) is 0 Å². The van der Waals surface area contributed by atoms with Crippen LogP contribution in [0.5, 0.6) is 0 Å². The summed E-state index contributed by atoms with van der Waals surface area (Å²) >= 11 is 0. The minimum atomic E-state index is -1.65. The van der Waals surface area contributed by atoms with Crippen LogP contribution < -0.4 is 15.5 Å². The van der Waals surface area contributed by atoms with Crippen molar-refractivity contribution in [2.75, 3.05) is 25.5 Å². The molecular formula is C24H33F4N5O4S. The van der Waals surface area contributed by atoms with Gasteiger partial charge in [-0.25, -0.2) is 31.5 Å². The standard InChI is InChI=1S/C15H25FN4O2S.C7H6F3N.C2H2O2/c1-4-11(2)17-20-7-5-12(6-8-20)18-23(22)14-9-19(3)13(10-21)15(14)16;1-11-4-2-5(8)7(10)6(9)3-4;3-1-2-4/h9-12,17-18H,4-8H2,1-3H3;2-3,11H,1H3;1-2H. The molecule has 0 saturated carbocycles. The van der Waals surface area contributed by atoms with Crippen molar-refractivity contribution in [2.45, 2.75) is 50.1 Å². The van der Waals surface area contributed by atoms with Crippen LogP contribution in [0.2, 0.25) is 0 Å². The third-order valence-electron chi connectivity index (χ3n) is 5.56. The van der Waals surface area contributed by atoms with Crippen molar-refractivity contribution in [3.8, 4) is 0 Å². The zero-order valence-electron chi connectivity index (χ0n) is 21.6. The van der Waals surface area contributed by atoms with Crippen molar-refractivity contribution in [3.05, 3.63) is 47.3 Å². The zero-order chi connectivity index (χ0) is 28.8. The van der Waals surface area contributed by atoms with Crippen molar-refractivity contribution in [2.24, 2.45) is 7.05 Å². The molecule has 2 heterocycles. The summed E-state index contributed by atoms with van der Waals surface area (Å²) in [5, 5.41) is 4.67. The number of nitrogens with one attached hydrogen (secondary N) is 3. The zero-order valence-corrected chi connectivity index (χ0v) is 22.4. The molecule has 1 fully saturated rings. The van der Waals surface area contributed by atoms with Gasteiger partial charge in [-0.3, -0.25) is 19.8 Å². The summed E-state index contributed by atoms with van der Waals surface area (Å²) in [5.74, 6) is -4.52. The maximum atomic E-state index is 14.0. The summed E-state index contributed by atoms with van der Waals surface area (Å²) in [7, 11) is 1.40. The minimum absolute atomic E-state index is 0.0368. The number of piperidine rings is 1. The van der Waals surface area contributed by atoms with Crippen LogP contribution in [0.25, 0.3) is 0 Å². The van der Waals surface area contributed by atoms with Gasteiger partial charge in [-0.15, -0.1) is 0 Å². The maximum absolute atomic E-state index is 14.0. The Morgan fingerprint density at radius 1 is 1.05 bits per heavy atom. The average Bonchev–Trinajstić information content (AvgIpc) is 3.21. The lowest BCUT2D eigenvalue weighted by Gasteiger charge is -2.34. The van der Waals surface area contributed by atoms with E-state index in [0.717, 1.165) is 44.5 Å². The number of hydrazine groups is 1. The van der Waals surface area contributed by atoms with Gasteiger partial charge in [0.15, 0.2) is 42.1 Å². The summed E-state index contributed by atoms with van der Waals surface area (Å²) in [6.45, 7) is 5.99. The monoisotopic (exact) mass is 563 g/mol. The summed E-state index contributed by atoms with van der Waals surface area (Å²) in [6, 6.07) is 2.29. The lowest BCUT2D eigenvalue weighted by Crippen LogP contribution is -2.51. The van der Waals surface area contributed by atoms with E-state index in [9.17, 15) is 26.6 Å². The van der Waals surface area contributed by atoms with Crippen molar-refractivity contribution in [3.63, 3.8) is 0 Å². The number of halogens is 4. The van der Waals surface area contributed by atoms with Crippen LogP contribution >= 0.6 is 0 Å². The highest BCUT2D eigenvalue weighted by Gasteiger charge is 2.24. The van der Waals surface area contributed by atoms with E-state index in [1.165, 1.54) is 17.8 Å². The van der Waals surface area contributed by atoms with Gasteiger partial charge in [0.1, 0.15) is 21.6 Å². The van der Waals surface area contributed by atoms with Gasteiger partial charge in [0.2, 0.25) is 0 Å². The molecule has 2 atom stereocenters. The van der Waals surface area contributed by atoms with Gasteiger partial charge >= 0.3 is 0 Å². The summed E-state index contributed by atoms with van der Waals surface area (Å²) in [5.41, 5.74) is 3.56. The first kappa shape index (κ1) is 33.1. The second-order valence-electron chi connectivity index (χ2n) is 8.28. The first-order valence-electron chi connectivity index (χ1n) is 11.7. The molecule has 38 heavy (non-hydrogen) atoms. The third-order valence-corrected chi connectivity index (χ3v) is 6.79. The fraction of sp³-hybridized carbons (Fsp3) is 0.458. The first-order valence-corrected chi connectivity index (χ1v) is 12.9. The number of carbonyl (C=O) groups is 3. The quantitative estimate of drug-likeness (QED) is 0.186. The highest BCUT2D eigenvalue weighted by Crippen LogP contribution is 2.18. The number of hydrogen-bond donors (Lipinski definition) is 3. The SMILES string of the molecule is CCC(C)NN1CCC(NS(=O)c2cn(C)c(C=O)c2F)CC1.CNc1cc(F)c(F)c(F)c1.O=CC=O. The fourth-order valence-corrected chi connectivity index (χ4v) is 4.48. The smallest absolute Gasteiger partial charge is 0.194 e. The molecule has 2 aromatic rings. The van der Waals surface area contributed by atoms with Crippen LogP contribution in [0.1, 0.15) is 43.6 Å². The lowest BCUT2D eigenvalue weighted by atomic mass is 10.1. The van der Waals surface area contributed by atoms with Crippen LogP contribution in [0.3, 0.4) is 0 Å². The second-order valence-corrected chi connectivity index (χ2v) is 9.50. The molecular weight excluding hydrogens is 530 g/mol. The molecule has 1 aromatic carbocycles. The number of carbonyl (C=O) groups excluding carboxylic acids is 3. The lowest BCUT2D eigenvalue weighted by molar-refractivity contribution is -0.122. The number of rotatable bonds is 9. The van der Waals surface area contributed by atoms with E-state index in [-0.39, 0.29) is 34.9 Å². The van der Waals surface area contributed by atoms with Crippen molar-refractivity contribution >= 4 is 35.5 Å². The molecule has 9 nitrogen and oxygen atoms in total. The predicted octanol–water partition coefficient (Wildman–Crippen LogP) is 2.89. The highest BCUT2D eigenvalue weighted by atomic mass is 32.2. The van der Waals surface area contributed by atoms with E-state index in [1.54, 1.807) is 7.05 Å². The van der Waals surface area contributed by atoms with Crippen LogP contribution in [-0.2, 0) is 27.6 Å². The summed E-state index contributed by atoms with van der Waals surface area (Å²) in [6.07, 6.45) is 4.97. The number of hydrogen-bond acceptors (Lipinski definition) is 7. The van der Waals surface area contributed by atoms with Gasteiger partial charge in [0.25, 0.3) is 0 Å². The predicted molar refractivity (Wildman–Crippen MR) is 136 cm³/mol. The van der Waals surface area contributed by atoms with E-state index >= 15 is 0 Å². The average molecular weight is 564 g/mol. The van der Waals surface area contributed by atoms with Crippen molar-refractivity contribution < 1.29 is 36.2 Å². The van der Waals surface area contributed by atoms with Crippen LogP contribution in [-0.4, -0.2) is 64.9 Å². The van der Waals surface area contributed by atoms with Crippen molar-refractivity contribution in [1.82, 2.24) is 19.7 Å². The first-order chi connectivity index (χ1) is 18.0. The molecule has 0 amide bonds. The van der Waals surface area contributed by atoms with Gasteiger partial charge in [0.05, 0.1) is 0 Å². The van der Waals surface area contributed by atoms with Crippen LogP contribution in [0.15, 0.2) is 23.2 Å². The van der Waals surface area contributed by atoms with E-state index in [0.29, 0.717) is 12.3 Å². The molecule has 1 saturated heterocycles. The van der Waals surface area contributed by atoms with Gasteiger partial charge < -0.3 is 9.88 Å². The number of aryl methyl sites for hydroxylation is 1. The Morgan fingerprint density at radius 2 is 1.61 bits per heavy atom. The summed E-state index contributed by atoms with van der Waals surface area (Å²) < 4.78 is 67.7. The Labute approximate surface area is 221 Å². The normalized spacial score (nSPS) is 15.3. The van der Waals surface area contributed by atoms with E-state index in [2.05, 4.69) is 34.3 Å². The number of aromatic nitrogens is 1. The molecule has 3 rings (SSSR count). The minimum Gasteiger partial charge on any atom is -0.388 e. The van der Waals surface area contributed by atoms with Gasteiger partial charge in [-0.1, -0.05) is 6.92 Å². The number of aldehydes is 3. The number of anilines is 1. The maximum Gasteiger partial charge on any atom is 0.194 e. The molecule has 2 unspecified atom stereocenters. The number of benzene rings is 1. The molecule has 1 aromatic heterocycles. The topological polar surface area (TPSA) is 113 Å². The Balaban J connectivity index is 0.000000398. The van der Waals surface area contributed by atoms with Gasteiger partial charge in [0, 0.05) is 63.3 Å². The molecule has 0 aliphatic carbocycles. The number of nitrogens with zero attached hydrogens (tertiary/aromatic N) is 2. The van der Waals surface area contributed by atoms with E-state index in [4.69, 9.17) is 9.59 Å². The van der Waals surface area contributed by atoms with Crippen LogP contribution in [0.4, 0.5) is 23.2 Å². The molecule has 1 aliphatic rings. The Kier molecular flexibility index (Phi) is 14.6. The Morgan fingerprint density at radius 3 is 2.03 bits per heavy atom. The fourth-order valence-electron chi connectivity index (χ4n) is 3.29. The highest BCUT2D eigenvalue weighted by molar-refractivity contribution is 7.83. The Hall–Kier alpha value is -2.94. The van der Waals surface area contributed by atoms with Gasteiger partial charge in [-0.05, 0) is 26.2 Å². The molecule has 14 heteroatoms. The van der Waals surface area contributed by atoms with E-state index in [1.807, 2.05) is 0 Å². The second kappa shape index (κ2) is 16.8. The third kappa shape index (κ3) is 10.1. The molecule has 0 spiro atoms. The molecule has 3 N–H and O–H groups in total. The Bertz CT molecular complexity index is 1060. The summed E-state index contributed by atoms with van der Waals surface area (Å²) in [4.78, 5) is 28.5. The van der Waals surface area contributed by atoms with Crippen LogP contribution in [0, 0.1) is 23.3 Å². The molecule has 0 radical (unpaired) electrons. The van der Waals surface area contributed by atoms with Crippen molar-refractivity contribution in [1.29, 1.82) is 0 Å². The molecule has 0 bridgehead atoms.